The number of rotatable bonds is 12. The van der Waals surface area contributed by atoms with E-state index in [4.69, 9.17) is 0 Å². The van der Waals surface area contributed by atoms with Crippen LogP contribution in [0.4, 0.5) is 0 Å². The third kappa shape index (κ3) is 23.9. The van der Waals surface area contributed by atoms with Crippen molar-refractivity contribution in [3.63, 3.8) is 0 Å². The SMILES string of the molecule is CC.CC.CNC.CNC.CNC(=O)CCC(C=O)NC(=O)c1cc(C)cc(C(=O)NC(C=O)CCC(=O)NC)c1. The first-order valence-electron chi connectivity index (χ1n) is 13.8. The molecule has 0 aliphatic carbocycles. The number of nitrogens with one attached hydrogen (secondary N) is 6. The van der Waals surface area contributed by atoms with Gasteiger partial charge in [0.2, 0.25) is 11.8 Å². The molecule has 12 nitrogen and oxygen atoms in total. The van der Waals surface area contributed by atoms with Crippen LogP contribution in [-0.2, 0) is 19.2 Å². The Hall–Kier alpha value is -3.64. The van der Waals surface area contributed by atoms with Crippen molar-refractivity contribution in [3.8, 4) is 0 Å². The highest BCUT2D eigenvalue weighted by molar-refractivity contribution is 6.01. The van der Waals surface area contributed by atoms with Crippen LogP contribution in [0.1, 0.15) is 79.7 Å². The summed E-state index contributed by atoms with van der Waals surface area (Å²) in [5, 5.41) is 15.4. The molecule has 0 heterocycles. The van der Waals surface area contributed by atoms with Gasteiger partial charge in [-0.3, -0.25) is 19.2 Å². The van der Waals surface area contributed by atoms with Crippen LogP contribution in [0.15, 0.2) is 18.2 Å². The highest BCUT2D eigenvalue weighted by atomic mass is 16.2. The molecule has 0 bridgehead atoms. The fourth-order valence-corrected chi connectivity index (χ4v) is 2.72. The van der Waals surface area contributed by atoms with Gasteiger partial charge in [0, 0.05) is 38.1 Å². The average Bonchev–Trinajstić information content (AvgIpc) is 2.99. The van der Waals surface area contributed by atoms with Crippen molar-refractivity contribution < 1.29 is 28.8 Å². The van der Waals surface area contributed by atoms with Crippen LogP contribution in [0.25, 0.3) is 0 Å². The number of aryl methyl sites for hydroxylation is 1. The predicted octanol–water partition coefficient (Wildman–Crippen LogP) is 1.37. The van der Waals surface area contributed by atoms with Gasteiger partial charge < -0.3 is 41.5 Å². The van der Waals surface area contributed by atoms with Gasteiger partial charge in [-0.2, -0.15) is 0 Å². The third-order valence-corrected chi connectivity index (χ3v) is 4.49. The monoisotopic (exact) mass is 582 g/mol. The van der Waals surface area contributed by atoms with Gasteiger partial charge in [0.1, 0.15) is 12.6 Å². The second-order valence-electron chi connectivity index (χ2n) is 7.94. The topological polar surface area (TPSA) is 175 Å². The first-order valence-corrected chi connectivity index (χ1v) is 13.8. The lowest BCUT2D eigenvalue weighted by Crippen LogP contribution is -2.38. The molecular weight excluding hydrogens is 528 g/mol. The van der Waals surface area contributed by atoms with Crippen molar-refractivity contribution in [2.75, 3.05) is 42.3 Å². The number of amides is 4. The van der Waals surface area contributed by atoms with Crippen molar-refractivity contribution >= 4 is 36.2 Å². The van der Waals surface area contributed by atoms with Crippen LogP contribution in [0.3, 0.4) is 0 Å². The molecule has 0 spiro atoms. The minimum absolute atomic E-state index is 0.0742. The fourth-order valence-electron chi connectivity index (χ4n) is 2.72. The highest BCUT2D eigenvalue weighted by Gasteiger charge is 2.18. The van der Waals surface area contributed by atoms with E-state index in [1.165, 1.54) is 20.2 Å². The van der Waals surface area contributed by atoms with Gasteiger partial charge in [0.05, 0.1) is 12.1 Å². The second-order valence-corrected chi connectivity index (χ2v) is 7.94. The van der Waals surface area contributed by atoms with Gasteiger partial charge in [-0.05, 0) is 71.7 Å². The van der Waals surface area contributed by atoms with E-state index in [1.807, 2.05) is 55.9 Å². The fraction of sp³-hybridized carbons (Fsp3) is 0.586. The van der Waals surface area contributed by atoms with Crippen molar-refractivity contribution in [1.29, 1.82) is 0 Å². The summed E-state index contributed by atoms with van der Waals surface area (Å²) < 4.78 is 0. The smallest absolute Gasteiger partial charge is 0.251 e. The molecule has 6 N–H and O–H groups in total. The van der Waals surface area contributed by atoms with Crippen molar-refractivity contribution in [3.05, 3.63) is 34.9 Å². The molecule has 0 saturated carbocycles. The van der Waals surface area contributed by atoms with E-state index < -0.39 is 23.9 Å². The number of benzene rings is 1. The Bertz CT molecular complexity index is 813. The molecule has 0 aromatic heterocycles. The summed E-state index contributed by atoms with van der Waals surface area (Å²) in [6.45, 7) is 9.69. The molecule has 2 unspecified atom stereocenters. The Balaban J connectivity index is -0.000000602. The Labute approximate surface area is 246 Å². The number of carbonyl (C=O) groups is 6. The lowest BCUT2D eigenvalue weighted by Gasteiger charge is -2.15. The zero-order valence-corrected chi connectivity index (χ0v) is 26.8. The summed E-state index contributed by atoms with van der Waals surface area (Å²) in [6.07, 6.45) is 1.52. The number of carbonyl (C=O) groups excluding carboxylic acids is 6. The zero-order valence-electron chi connectivity index (χ0n) is 26.8. The highest BCUT2D eigenvalue weighted by Crippen LogP contribution is 2.11. The van der Waals surface area contributed by atoms with Gasteiger partial charge in [-0.1, -0.05) is 27.7 Å². The number of aldehydes is 2. The molecule has 0 aliphatic heterocycles. The van der Waals surface area contributed by atoms with Crippen LogP contribution in [-0.4, -0.2) is 90.6 Å². The molecule has 0 fully saturated rings. The van der Waals surface area contributed by atoms with E-state index in [2.05, 4.69) is 31.9 Å². The van der Waals surface area contributed by atoms with E-state index >= 15 is 0 Å². The van der Waals surface area contributed by atoms with Gasteiger partial charge >= 0.3 is 0 Å². The largest absolute Gasteiger partial charge is 0.359 e. The molecule has 41 heavy (non-hydrogen) atoms. The van der Waals surface area contributed by atoms with Gasteiger partial charge in [0.25, 0.3) is 11.8 Å². The lowest BCUT2D eigenvalue weighted by molar-refractivity contribution is -0.121. The van der Waals surface area contributed by atoms with Crippen LogP contribution in [0.2, 0.25) is 0 Å². The van der Waals surface area contributed by atoms with E-state index in [0.29, 0.717) is 18.1 Å². The standard InChI is InChI=1S/C21H28N4O6.2C2H7N.2C2H6/c1-13-8-14(20(30)24-16(11-26)4-6-18(28)22-2)10-15(9-13)21(31)25-17(12-27)5-7-19(29)23-3;2*1-3-2;2*1-2/h8-12,16-17H,4-7H2,1-3H3,(H,22,28)(H,23,29)(H,24,30)(H,25,31);2*3H,1-2H3;2*1-2H3. The van der Waals surface area contributed by atoms with E-state index in [9.17, 15) is 28.8 Å². The third-order valence-electron chi connectivity index (χ3n) is 4.49. The summed E-state index contributed by atoms with van der Waals surface area (Å²) in [5.74, 6) is -1.65. The van der Waals surface area contributed by atoms with Crippen LogP contribution in [0, 0.1) is 6.92 Å². The maximum Gasteiger partial charge on any atom is 0.251 e. The van der Waals surface area contributed by atoms with Gasteiger partial charge in [-0.15, -0.1) is 0 Å². The first-order chi connectivity index (χ1) is 19.6. The van der Waals surface area contributed by atoms with Crippen LogP contribution < -0.4 is 31.9 Å². The molecule has 0 radical (unpaired) electrons. The second kappa shape index (κ2) is 30.9. The lowest BCUT2D eigenvalue weighted by atomic mass is 10.0. The van der Waals surface area contributed by atoms with Crippen molar-refractivity contribution in [2.45, 2.75) is 72.4 Å². The molecule has 0 saturated heterocycles. The maximum atomic E-state index is 12.5. The summed E-state index contributed by atoms with van der Waals surface area (Å²) in [5.41, 5.74) is 0.939. The van der Waals surface area contributed by atoms with E-state index in [1.54, 1.807) is 19.1 Å². The first kappa shape index (κ1) is 44.4. The molecule has 1 aromatic rings. The number of hydrogen-bond donors (Lipinski definition) is 6. The molecule has 4 amide bonds. The summed E-state index contributed by atoms with van der Waals surface area (Å²) in [4.78, 5) is 70.2. The Morgan fingerprint density at radius 1 is 0.634 bits per heavy atom. The molecule has 0 aliphatic rings. The normalized spacial score (nSPS) is 10.3. The maximum absolute atomic E-state index is 12.5. The molecule has 1 aromatic carbocycles. The zero-order chi connectivity index (χ0) is 32.8. The summed E-state index contributed by atoms with van der Waals surface area (Å²) >= 11 is 0. The molecule has 1 rings (SSSR count). The quantitative estimate of drug-likeness (QED) is 0.200. The summed E-state index contributed by atoms with van der Waals surface area (Å²) in [6, 6.07) is 2.74. The Morgan fingerprint density at radius 2 is 0.927 bits per heavy atom. The van der Waals surface area contributed by atoms with E-state index in [-0.39, 0.29) is 48.6 Å². The van der Waals surface area contributed by atoms with Crippen LogP contribution >= 0.6 is 0 Å². The summed E-state index contributed by atoms with van der Waals surface area (Å²) in [7, 11) is 10.5. The van der Waals surface area contributed by atoms with Gasteiger partial charge in [0.15, 0.2) is 0 Å². The molecule has 12 heteroatoms. The minimum Gasteiger partial charge on any atom is -0.359 e. The van der Waals surface area contributed by atoms with Crippen molar-refractivity contribution in [2.24, 2.45) is 0 Å². The molecule has 2 atom stereocenters. The average molecular weight is 583 g/mol. The van der Waals surface area contributed by atoms with E-state index in [0.717, 1.165) is 0 Å². The minimum atomic E-state index is -0.855. The van der Waals surface area contributed by atoms with Crippen molar-refractivity contribution in [1.82, 2.24) is 31.9 Å². The molecular formula is C29H54N6O6. The van der Waals surface area contributed by atoms with Crippen LogP contribution in [0.5, 0.6) is 0 Å². The Morgan fingerprint density at radius 3 is 1.17 bits per heavy atom. The molecule has 236 valence electrons. The predicted molar refractivity (Wildman–Crippen MR) is 165 cm³/mol. The Kier molecular flexibility index (Phi) is 33.4. The van der Waals surface area contributed by atoms with Gasteiger partial charge in [-0.25, -0.2) is 0 Å². The number of hydrogen-bond acceptors (Lipinski definition) is 8.